The number of ether oxygens (including phenoxy) is 15. The highest BCUT2D eigenvalue weighted by molar-refractivity contribution is 7.72. The lowest BCUT2D eigenvalue weighted by atomic mass is 9.93. The summed E-state index contributed by atoms with van der Waals surface area (Å²) in [6.45, 7) is 1.56. The molecule has 2 fully saturated rings. The van der Waals surface area contributed by atoms with Gasteiger partial charge in [-0.3, -0.25) is 57.1 Å². The van der Waals surface area contributed by atoms with E-state index < -0.39 is 244 Å². The first-order chi connectivity index (χ1) is 57.8. The molecule has 14 atom stereocenters. The first-order valence-electron chi connectivity index (χ1n) is 38.0. The third-order valence-electron chi connectivity index (χ3n) is 17.8. The van der Waals surface area contributed by atoms with E-state index in [1.54, 1.807) is 182 Å². The van der Waals surface area contributed by atoms with Crippen molar-refractivity contribution in [3.8, 4) is 0 Å². The number of carbonyl (C=O) groups is 12. The van der Waals surface area contributed by atoms with E-state index in [1.165, 1.54) is 0 Å². The summed E-state index contributed by atoms with van der Waals surface area (Å²) < 4.78 is 148. The number of carbonyl (C=O) groups excluding carboxylic acids is 12. The van der Waals surface area contributed by atoms with Crippen LogP contribution >= 0.6 is 15.2 Å². The van der Waals surface area contributed by atoms with Crippen molar-refractivity contribution >= 4 is 87.0 Å². The SMILES string of the molecule is CC(=O)OCC(NC(=O)CC(P(=O)(OCc1ccccc1)OCc1ccccc1)P(=O)(OCc1ccccc1)OCc1ccccc1)[C@@H](OC(C)=O)[C@H](O[C@@H]1OC(COC(C)=O)[C@@H](O[C@@H]2OC(COC(C)=O)[C@@H](OC(C)=O)[C@H](OC(C)=O)C2NC(=O)OCc2ccccc2)[C@H](OC(C)=O)C1NC(=O)OCc1ccccc1)C(COC(C)=O)OC(C)=O. The molecule has 3 amide bonds. The number of hydrogen-bond acceptors (Lipinski definition) is 33. The Balaban J connectivity index is 1.32. The van der Waals surface area contributed by atoms with Gasteiger partial charge >= 0.3 is 81.1 Å². The molecule has 6 aromatic carbocycles. The molecule has 0 aliphatic carbocycles. The molecule has 38 heteroatoms. The molecule has 8 rings (SSSR count). The van der Waals surface area contributed by atoms with Crippen molar-refractivity contribution < 1.29 is 156 Å². The number of nitrogens with one attached hydrogen (secondary N) is 3. The molecule has 0 radical (unpaired) electrons. The van der Waals surface area contributed by atoms with Crippen LogP contribution in [0.5, 0.6) is 0 Å². The number of esters is 9. The Morgan fingerprint density at radius 2 is 0.686 bits per heavy atom. The Labute approximate surface area is 697 Å². The Hall–Kier alpha value is -11.3. The van der Waals surface area contributed by atoms with E-state index in [1.807, 2.05) is 0 Å². The predicted molar refractivity (Wildman–Crippen MR) is 419 cm³/mol. The molecule has 0 aromatic heterocycles. The highest BCUT2D eigenvalue weighted by Gasteiger charge is 2.59. The van der Waals surface area contributed by atoms with Crippen LogP contribution < -0.4 is 16.0 Å². The van der Waals surface area contributed by atoms with Crippen molar-refractivity contribution in [2.45, 2.75) is 199 Å². The minimum atomic E-state index is -5.24. The van der Waals surface area contributed by atoms with Crippen molar-refractivity contribution in [1.82, 2.24) is 16.0 Å². The Morgan fingerprint density at radius 1 is 0.355 bits per heavy atom. The minimum Gasteiger partial charge on any atom is -0.464 e. The molecule has 36 nitrogen and oxygen atoms in total. The van der Waals surface area contributed by atoms with Gasteiger partial charge in [-0.1, -0.05) is 182 Å². The van der Waals surface area contributed by atoms with Crippen molar-refractivity contribution in [3.63, 3.8) is 0 Å². The molecule has 3 N–H and O–H groups in total. The molecule has 6 unspecified atom stereocenters. The molecule has 2 aliphatic rings. The van der Waals surface area contributed by atoms with Crippen LogP contribution in [0.15, 0.2) is 182 Å². The van der Waals surface area contributed by atoms with Gasteiger partial charge in [-0.2, -0.15) is 0 Å². The number of alkyl carbamates (subject to hydrolysis) is 2. The molecule has 652 valence electrons. The fourth-order valence-electron chi connectivity index (χ4n) is 12.5. The van der Waals surface area contributed by atoms with Gasteiger partial charge in [0.1, 0.15) is 82.2 Å². The monoisotopic (exact) mass is 1730 g/mol. The van der Waals surface area contributed by atoms with Crippen molar-refractivity contribution in [2.24, 2.45) is 0 Å². The highest BCUT2D eigenvalue weighted by atomic mass is 31.2. The molecule has 2 saturated heterocycles. The first-order valence-corrected chi connectivity index (χ1v) is 41.2. The molecule has 2 aliphatic heterocycles. The van der Waals surface area contributed by atoms with Crippen molar-refractivity contribution in [3.05, 3.63) is 215 Å². The zero-order valence-electron chi connectivity index (χ0n) is 67.6. The second kappa shape index (κ2) is 47.6. The fourth-order valence-corrected chi connectivity index (χ4v) is 17.6. The maximum Gasteiger partial charge on any atom is 0.407 e. The van der Waals surface area contributed by atoms with Gasteiger partial charge in [0, 0.05) is 62.3 Å². The summed E-state index contributed by atoms with van der Waals surface area (Å²) >= 11 is 0. The lowest BCUT2D eigenvalue weighted by molar-refractivity contribution is -0.343. The van der Waals surface area contributed by atoms with Gasteiger partial charge < -0.3 is 105 Å². The standard InChI is InChI=1S/C83H97N3O33P2/c1-51(87)101-47-66(84-70(96)40-71(120(99,107-43-62-32-20-12-21-33-62)108-44-63-34-22-13-23-35-63)121(100,109-45-64-36-24-14-25-37-64)110-46-65-38-26-15-27-39-65)74(112-56(6)92)75(67(111-55(5)91)48-102-52(2)88)118-80-73(86-83(98)106-42-61-30-18-11-19-31-61)79(115-59(9)95)77(69(117-80)50-104-54(4)90)119-81-72(85-82(97)105-41-60-28-16-10-17-29-60)78(114-58(8)94)76(113-57(7)93)68(116-81)49-103-53(3)89/h10-39,66-69,71-81H,40-50H2,1-9H3,(H,84,96)(H,85,97)(H,86,98)/t66?,67?,68?,69?,72?,73?,74-,75-,76-,77-,78-,79-,80+,81+/m1/s1. The quantitative estimate of drug-likeness (QED) is 0.0182. The second-order valence-electron chi connectivity index (χ2n) is 27.4. The third kappa shape index (κ3) is 31.3. The van der Waals surface area contributed by atoms with Gasteiger partial charge in [0.25, 0.3) is 0 Å². The van der Waals surface area contributed by atoms with Gasteiger partial charge in [0.05, 0.1) is 32.8 Å². The number of benzene rings is 6. The van der Waals surface area contributed by atoms with Crippen LogP contribution in [-0.4, -0.2) is 189 Å². The average molecular weight is 1730 g/mol. The molecular weight excluding hydrogens is 1630 g/mol. The summed E-state index contributed by atoms with van der Waals surface area (Å²) in [6, 6.07) is 43.2. The van der Waals surface area contributed by atoms with Crippen LogP contribution in [0.4, 0.5) is 9.59 Å². The van der Waals surface area contributed by atoms with Crippen LogP contribution in [0.1, 0.15) is 102 Å². The average Bonchev–Trinajstić information content (AvgIpc) is 0.755. The minimum absolute atomic E-state index is 0.384. The van der Waals surface area contributed by atoms with E-state index >= 15 is 13.9 Å². The van der Waals surface area contributed by atoms with Crippen LogP contribution in [-0.2, 0) is 186 Å². The zero-order valence-corrected chi connectivity index (χ0v) is 69.4. The van der Waals surface area contributed by atoms with Crippen LogP contribution in [0, 0.1) is 0 Å². The van der Waals surface area contributed by atoms with E-state index in [2.05, 4.69) is 16.0 Å². The van der Waals surface area contributed by atoms with Gasteiger partial charge in [0.2, 0.25) is 5.91 Å². The zero-order chi connectivity index (χ0) is 87.6. The summed E-state index contributed by atoms with van der Waals surface area (Å²) in [5.74, 6) is -11.1. The summed E-state index contributed by atoms with van der Waals surface area (Å²) in [5.41, 5.74) is 2.58. The molecule has 2 heterocycles. The Bertz CT molecular complexity index is 4300. The smallest absolute Gasteiger partial charge is 0.407 e. The maximum absolute atomic E-state index is 16.5. The van der Waals surface area contributed by atoms with E-state index in [-0.39, 0.29) is 6.61 Å². The Kier molecular flexibility index (Phi) is 37.5. The van der Waals surface area contributed by atoms with Crippen molar-refractivity contribution in [1.29, 1.82) is 0 Å². The summed E-state index contributed by atoms with van der Waals surface area (Å²) in [4.78, 5) is 166. The fraction of sp³-hybridized carbons (Fsp3) is 0.422. The molecule has 0 saturated carbocycles. The van der Waals surface area contributed by atoms with E-state index in [4.69, 9.17) is 89.1 Å². The molecule has 6 aromatic rings. The van der Waals surface area contributed by atoms with Crippen LogP contribution in [0.25, 0.3) is 0 Å². The molecular formula is C83H97N3O33P2. The number of amides is 3. The van der Waals surface area contributed by atoms with Crippen molar-refractivity contribution in [2.75, 3.05) is 26.4 Å². The van der Waals surface area contributed by atoms with Gasteiger partial charge in [0.15, 0.2) is 48.5 Å². The van der Waals surface area contributed by atoms with Gasteiger partial charge in [-0.15, -0.1) is 0 Å². The number of hydrogen-bond donors (Lipinski definition) is 3. The van der Waals surface area contributed by atoms with Crippen LogP contribution in [0.2, 0.25) is 0 Å². The molecule has 0 spiro atoms. The largest absolute Gasteiger partial charge is 0.464 e. The van der Waals surface area contributed by atoms with E-state index in [0.29, 0.717) is 33.4 Å². The number of rotatable bonds is 43. The lowest BCUT2D eigenvalue weighted by Gasteiger charge is -2.50. The maximum atomic E-state index is 16.5. The summed E-state index contributed by atoms with van der Waals surface area (Å²) in [5, 5.41) is 5.40. The molecule has 121 heavy (non-hydrogen) atoms. The third-order valence-corrected chi connectivity index (χ3v) is 23.2. The van der Waals surface area contributed by atoms with Gasteiger partial charge in [-0.25, -0.2) is 9.59 Å². The predicted octanol–water partition coefficient (Wildman–Crippen LogP) is 9.16. The highest BCUT2D eigenvalue weighted by Crippen LogP contribution is 2.72. The van der Waals surface area contributed by atoms with E-state index in [9.17, 15) is 52.7 Å². The van der Waals surface area contributed by atoms with Crippen LogP contribution in [0.3, 0.4) is 0 Å². The summed E-state index contributed by atoms with van der Waals surface area (Å²) in [7, 11) is -10.5. The first kappa shape index (κ1) is 95.2. The second-order valence-corrected chi connectivity index (χ2v) is 32.2. The topological polar surface area (TPSA) is 450 Å². The lowest BCUT2D eigenvalue weighted by Crippen LogP contribution is -2.71. The van der Waals surface area contributed by atoms with E-state index in [0.717, 1.165) is 62.3 Å². The summed E-state index contributed by atoms with van der Waals surface area (Å²) in [6.07, 6.45) is -27.2. The normalized spacial score (nSPS) is 19.9. The van der Waals surface area contributed by atoms with Gasteiger partial charge in [-0.05, 0) is 33.4 Å². The Morgan fingerprint density at radius 3 is 1.05 bits per heavy atom. The molecule has 0 bridgehead atoms.